The van der Waals surface area contributed by atoms with Crippen molar-refractivity contribution in [2.45, 2.75) is 17.8 Å². The zero-order valence-electron chi connectivity index (χ0n) is 16.2. The van der Waals surface area contributed by atoms with Crippen molar-refractivity contribution in [2.24, 2.45) is 7.05 Å². The minimum Gasteiger partial charge on any atom is -0.338 e. The van der Waals surface area contributed by atoms with Crippen molar-refractivity contribution < 1.29 is 4.52 Å². The van der Waals surface area contributed by atoms with Crippen LogP contribution in [0, 0.1) is 6.92 Å². The van der Waals surface area contributed by atoms with Gasteiger partial charge in [-0.05, 0) is 19.1 Å². The second kappa shape index (κ2) is 6.42. The molecule has 4 aromatic heterocycles. The van der Waals surface area contributed by atoms with E-state index in [4.69, 9.17) is 9.62 Å². The Kier molecular flexibility index (Phi) is 3.69. The van der Waals surface area contributed by atoms with Gasteiger partial charge in [-0.15, -0.1) is 15.3 Å². The number of fused-ring (bicyclic) bond motifs is 5. The SMILES string of the molecule is Cc1ccc(-c2noc(CSc3nnc4n3nc3n(C)c5ccccc5n34)n2)cc1. The molecule has 0 N–H and O–H groups in total. The number of rotatable bonds is 4. The van der Waals surface area contributed by atoms with Crippen LogP contribution in [0.3, 0.4) is 0 Å². The number of imidazole rings is 1. The van der Waals surface area contributed by atoms with Gasteiger partial charge in [0.25, 0.3) is 5.78 Å². The van der Waals surface area contributed by atoms with Gasteiger partial charge in [-0.3, -0.25) is 0 Å². The highest BCUT2D eigenvalue weighted by molar-refractivity contribution is 7.98. The summed E-state index contributed by atoms with van der Waals surface area (Å²) in [5.41, 5.74) is 4.25. The average molecular weight is 416 g/mol. The van der Waals surface area contributed by atoms with Gasteiger partial charge < -0.3 is 9.09 Å². The van der Waals surface area contributed by atoms with E-state index < -0.39 is 0 Å². The highest BCUT2D eigenvalue weighted by Crippen LogP contribution is 2.26. The zero-order valence-corrected chi connectivity index (χ0v) is 17.0. The molecule has 0 bridgehead atoms. The van der Waals surface area contributed by atoms with Gasteiger partial charge in [-0.2, -0.15) is 9.50 Å². The van der Waals surface area contributed by atoms with E-state index in [0.29, 0.717) is 28.4 Å². The monoisotopic (exact) mass is 416 g/mol. The zero-order chi connectivity index (χ0) is 20.2. The molecular formula is C20H16N8OS. The van der Waals surface area contributed by atoms with Gasteiger partial charge in [0.15, 0.2) is 0 Å². The number of para-hydroxylation sites is 2. The van der Waals surface area contributed by atoms with Crippen molar-refractivity contribution in [1.29, 1.82) is 0 Å². The molecule has 6 aromatic rings. The van der Waals surface area contributed by atoms with Gasteiger partial charge in [0, 0.05) is 12.6 Å². The van der Waals surface area contributed by atoms with Gasteiger partial charge in [0.05, 0.1) is 16.8 Å². The summed E-state index contributed by atoms with van der Waals surface area (Å²) in [6.45, 7) is 2.05. The Morgan fingerprint density at radius 1 is 0.967 bits per heavy atom. The van der Waals surface area contributed by atoms with Crippen LogP contribution in [-0.4, -0.2) is 38.9 Å². The molecule has 0 atom stereocenters. The molecule has 0 aliphatic carbocycles. The van der Waals surface area contributed by atoms with Crippen molar-refractivity contribution in [3.05, 3.63) is 60.0 Å². The van der Waals surface area contributed by atoms with Gasteiger partial charge in [0.2, 0.25) is 22.6 Å². The highest BCUT2D eigenvalue weighted by atomic mass is 32.2. The molecule has 0 unspecified atom stereocenters. The highest BCUT2D eigenvalue weighted by Gasteiger charge is 2.19. The van der Waals surface area contributed by atoms with E-state index in [0.717, 1.165) is 22.4 Å². The Morgan fingerprint density at radius 3 is 2.60 bits per heavy atom. The molecule has 2 aromatic carbocycles. The lowest BCUT2D eigenvalue weighted by Crippen LogP contribution is -1.93. The summed E-state index contributed by atoms with van der Waals surface area (Å²) in [6, 6.07) is 16.2. The van der Waals surface area contributed by atoms with Crippen molar-refractivity contribution >= 4 is 34.4 Å². The van der Waals surface area contributed by atoms with Crippen LogP contribution in [0.25, 0.3) is 34.0 Å². The smallest absolute Gasteiger partial charge is 0.260 e. The predicted molar refractivity (Wildman–Crippen MR) is 112 cm³/mol. The molecule has 0 amide bonds. The van der Waals surface area contributed by atoms with E-state index in [-0.39, 0.29) is 0 Å². The summed E-state index contributed by atoms with van der Waals surface area (Å²) in [7, 11) is 2.00. The van der Waals surface area contributed by atoms with E-state index in [1.807, 2.05) is 59.3 Å². The maximum Gasteiger partial charge on any atom is 0.260 e. The van der Waals surface area contributed by atoms with Crippen LogP contribution in [-0.2, 0) is 12.8 Å². The van der Waals surface area contributed by atoms with Crippen molar-refractivity contribution in [2.75, 3.05) is 0 Å². The number of hydrogen-bond acceptors (Lipinski definition) is 7. The molecule has 0 saturated heterocycles. The second-order valence-corrected chi connectivity index (χ2v) is 7.99. The normalized spacial score (nSPS) is 11.9. The minimum absolute atomic E-state index is 0.480. The van der Waals surface area contributed by atoms with Crippen LogP contribution in [0.1, 0.15) is 11.5 Å². The van der Waals surface area contributed by atoms with Crippen molar-refractivity contribution in [3.8, 4) is 11.4 Å². The molecule has 6 rings (SSSR count). The molecule has 0 spiro atoms. The molecule has 0 radical (unpaired) electrons. The molecular weight excluding hydrogens is 400 g/mol. The Hall–Kier alpha value is -3.66. The number of thioether (sulfide) groups is 1. The lowest BCUT2D eigenvalue weighted by molar-refractivity contribution is 0.391. The summed E-state index contributed by atoms with van der Waals surface area (Å²) in [5, 5.41) is 18.1. The Balaban J connectivity index is 1.31. The number of aromatic nitrogens is 8. The van der Waals surface area contributed by atoms with Crippen LogP contribution in [0.15, 0.2) is 58.2 Å². The number of aryl methyl sites for hydroxylation is 2. The third-order valence-electron chi connectivity index (χ3n) is 5.07. The molecule has 30 heavy (non-hydrogen) atoms. The number of hydrogen-bond donors (Lipinski definition) is 0. The molecule has 0 saturated carbocycles. The molecule has 4 heterocycles. The lowest BCUT2D eigenvalue weighted by atomic mass is 10.1. The average Bonchev–Trinajstić information content (AvgIpc) is 3.51. The maximum absolute atomic E-state index is 5.41. The van der Waals surface area contributed by atoms with Gasteiger partial charge >= 0.3 is 0 Å². The van der Waals surface area contributed by atoms with Gasteiger partial charge in [-0.25, -0.2) is 4.40 Å². The molecule has 10 heteroatoms. The van der Waals surface area contributed by atoms with Gasteiger partial charge in [-0.1, -0.05) is 58.9 Å². The first-order valence-electron chi connectivity index (χ1n) is 9.39. The third kappa shape index (κ3) is 2.53. The Labute approximate surface area is 174 Å². The van der Waals surface area contributed by atoms with Crippen LogP contribution in [0.5, 0.6) is 0 Å². The van der Waals surface area contributed by atoms with Crippen molar-refractivity contribution in [3.63, 3.8) is 0 Å². The fourth-order valence-electron chi connectivity index (χ4n) is 3.54. The van der Waals surface area contributed by atoms with E-state index >= 15 is 0 Å². The van der Waals surface area contributed by atoms with E-state index in [9.17, 15) is 0 Å². The van der Waals surface area contributed by atoms with Crippen LogP contribution >= 0.6 is 11.8 Å². The van der Waals surface area contributed by atoms with Crippen LogP contribution in [0.2, 0.25) is 0 Å². The maximum atomic E-state index is 5.41. The van der Waals surface area contributed by atoms with E-state index in [2.05, 4.69) is 32.5 Å². The fraction of sp³-hybridized carbons (Fsp3) is 0.150. The summed E-state index contributed by atoms with van der Waals surface area (Å²) in [4.78, 5) is 4.49. The van der Waals surface area contributed by atoms with Crippen LogP contribution < -0.4 is 0 Å². The first-order valence-corrected chi connectivity index (χ1v) is 10.4. The molecule has 148 valence electrons. The quantitative estimate of drug-likeness (QED) is 0.406. The first kappa shape index (κ1) is 17.2. The Morgan fingerprint density at radius 2 is 1.77 bits per heavy atom. The number of nitrogens with zero attached hydrogens (tertiary/aromatic N) is 8. The van der Waals surface area contributed by atoms with Crippen LogP contribution in [0.4, 0.5) is 0 Å². The summed E-state index contributed by atoms with van der Waals surface area (Å²) >= 11 is 1.46. The first-order chi connectivity index (χ1) is 14.7. The molecule has 0 aliphatic heterocycles. The summed E-state index contributed by atoms with van der Waals surface area (Å²) in [5.74, 6) is 3.07. The summed E-state index contributed by atoms with van der Waals surface area (Å²) in [6.07, 6.45) is 0. The second-order valence-electron chi connectivity index (χ2n) is 7.04. The predicted octanol–water partition coefficient (Wildman–Crippen LogP) is 3.52. The minimum atomic E-state index is 0.480. The fourth-order valence-corrected chi connectivity index (χ4v) is 4.25. The van der Waals surface area contributed by atoms with Gasteiger partial charge in [0.1, 0.15) is 0 Å². The third-order valence-corrected chi connectivity index (χ3v) is 5.98. The lowest BCUT2D eigenvalue weighted by Gasteiger charge is -1.95. The molecule has 0 fully saturated rings. The standard InChI is InChI=1S/C20H16N8OS/c1-12-7-9-13(10-8-12)17-21-16(29-25-17)11-30-20-23-22-18-27-15-6-4-3-5-14(15)26(2)19(27)24-28(18)20/h3-10H,11H2,1-2H3. The summed E-state index contributed by atoms with van der Waals surface area (Å²) < 4.78 is 11.2. The van der Waals surface area contributed by atoms with E-state index in [1.165, 1.54) is 17.3 Å². The number of benzene rings is 2. The Bertz CT molecular complexity index is 1520. The topological polar surface area (TPSA) is 91.3 Å². The van der Waals surface area contributed by atoms with E-state index in [1.54, 1.807) is 4.52 Å². The molecule has 9 nitrogen and oxygen atoms in total. The van der Waals surface area contributed by atoms with Crippen molar-refractivity contribution in [1.82, 2.24) is 38.9 Å². The molecule has 0 aliphatic rings. The largest absolute Gasteiger partial charge is 0.338 e.